The highest BCUT2D eigenvalue weighted by atomic mass is 19.1. The van der Waals surface area contributed by atoms with Crippen molar-refractivity contribution < 1.29 is 19.4 Å². The maximum atomic E-state index is 13.3. The average Bonchev–Trinajstić information content (AvgIpc) is 2.28. The number of aliphatic hydroxyl groups is 1. The van der Waals surface area contributed by atoms with E-state index in [0.29, 0.717) is 12.2 Å². The molecule has 0 heterocycles. The molecule has 17 heavy (non-hydrogen) atoms. The van der Waals surface area contributed by atoms with Crippen LogP contribution in [0.3, 0.4) is 0 Å². The molecule has 0 aliphatic carbocycles. The largest absolute Gasteiger partial charge is 0.478 e. The molecule has 0 radical (unpaired) electrons. The number of carbonyl (C=O) groups is 1. The van der Waals surface area contributed by atoms with Gasteiger partial charge in [0.25, 0.3) is 0 Å². The zero-order chi connectivity index (χ0) is 12.7. The number of aliphatic hydroxyl groups excluding tert-OH is 1. The van der Waals surface area contributed by atoms with Crippen LogP contribution in [0, 0.1) is 5.82 Å². The van der Waals surface area contributed by atoms with E-state index < -0.39 is 11.8 Å². The predicted octanol–water partition coefficient (Wildman–Crippen LogP) is 2.10. The van der Waals surface area contributed by atoms with Gasteiger partial charge in [-0.25, -0.2) is 9.18 Å². The van der Waals surface area contributed by atoms with E-state index in [1.165, 1.54) is 12.1 Å². The Morgan fingerprint density at radius 2 is 2.06 bits per heavy atom. The van der Waals surface area contributed by atoms with Crippen LogP contribution in [0.4, 0.5) is 10.1 Å². The van der Waals surface area contributed by atoms with Gasteiger partial charge in [-0.2, -0.15) is 0 Å². The molecule has 0 aromatic heterocycles. The van der Waals surface area contributed by atoms with Gasteiger partial charge in [-0.1, -0.05) is 0 Å². The maximum Gasteiger partial charge on any atom is 0.338 e. The third-order valence-corrected chi connectivity index (χ3v) is 2.36. The molecule has 0 fully saturated rings. The van der Waals surface area contributed by atoms with Crippen LogP contribution in [0.5, 0.6) is 0 Å². The summed E-state index contributed by atoms with van der Waals surface area (Å²) in [7, 11) is 0. The highest BCUT2D eigenvalue weighted by Gasteiger charge is 2.09. The molecule has 0 aliphatic rings. The number of hydrogen-bond donors (Lipinski definition) is 3. The first-order valence-corrected chi connectivity index (χ1v) is 5.52. The fourth-order valence-corrected chi connectivity index (χ4v) is 1.44. The lowest BCUT2D eigenvalue weighted by atomic mass is 10.2. The van der Waals surface area contributed by atoms with Crippen LogP contribution in [0.1, 0.15) is 29.6 Å². The topological polar surface area (TPSA) is 69.6 Å². The third-order valence-electron chi connectivity index (χ3n) is 2.36. The molecule has 0 unspecified atom stereocenters. The Morgan fingerprint density at radius 1 is 1.29 bits per heavy atom. The van der Waals surface area contributed by atoms with Gasteiger partial charge in [-0.05, 0) is 37.5 Å². The van der Waals surface area contributed by atoms with Crippen molar-refractivity contribution in [3.8, 4) is 0 Å². The Hall–Kier alpha value is -1.62. The Morgan fingerprint density at radius 3 is 2.65 bits per heavy atom. The van der Waals surface area contributed by atoms with Gasteiger partial charge in [-0.3, -0.25) is 0 Å². The van der Waals surface area contributed by atoms with Crippen molar-refractivity contribution in [1.29, 1.82) is 0 Å². The lowest BCUT2D eigenvalue weighted by Gasteiger charge is -2.07. The first kappa shape index (κ1) is 13.4. The van der Waals surface area contributed by atoms with Gasteiger partial charge in [0, 0.05) is 18.8 Å². The fraction of sp³-hybridized carbons (Fsp3) is 0.417. The van der Waals surface area contributed by atoms with Crippen LogP contribution >= 0.6 is 0 Å². The molecule has 94 valence electrons. The van der Waals surface area contributed by atoms with Crippen LogP contribution in [0.2, 0.25) is 0 Å². The minimum atomic E-state index is -1.27. The normalized spacial score (nSPS) is 10.2. The van der Waals surface area contributed by atoms with E-state index in [9.17, 15) is 9.18 Å². The van der Waals surface area contributed by atoms with E-state index in [-0.39, 0.29) is 12.2 Å². The Bertz CT molecular complexity index is 382. The molecule has 5 heteroatoms. The zero-order valence-electron chi connectivity index (χ0n) is 9.45. The van der Waals surface area contributed by atoms with E-state index in [1.54, 1.807) is 6.07 Å². The monoisotopic (exact) mass is 241 g/mol. The summed E-state index contributed by atoms with van der Waals surface area (Å²) in [5, 5.41) is 20.2. The predicted molar refractivity (Wildman–Crippen MR) is 62.8 cm³/mol. The molecule has 0 saturated heterocycles. The zero-order valence-corrected chi connectivity index (χ0v) is 9.45. The van der Waals surface area contributed by atoms with Gasteiger partial charge in [0.15, 0.2) is 0 Å². The third kappa shape index (κ3) is 4.40. The number of unbranched alkanes of at least 4 members (excludes halogenated alkanes) is 2. The van der Waals surface area contributed by atoms with Gasteiger partial charge >= 0.3 is 5.97 Å². The van der Waals surface area contributed by atoms with E-state index in [1.807, 2.05) is 0 Å². The summed E-state index contributed by atoms with van der Waals surface area (Å²) in [5.74, 6) is -2.00. The lowest BCUT2D eigenvalue weighted by Crippen LogP contribution is -2.05. The number of halogens is 1. The molecule has 3 N–H and O–H groups in total. The molecule has 0 spiro atoms. The molecule has 1 rings (SSSR count). The molecule has 0 saturated carbocycles. The van der Waals surface area contributed by atoms with Crippen LogP contribution in [0.25, 0.3) is 0 Å². The van der Waals surface area contributed by atoms with Crippen molar-refractivity contribution in [3.05, 3.63) is 29.6 Å². The van der Waals surface area contributed by atoms with E-state index in [4.69, 9.17) is 10.2 Å². The smallest absolute Gasteiger partial charge is 0.338 e. The van der Waals surface area contributed by atoms with Crippen LogP contribution < -0.4 is 5.32 Å². The quantitative estimate of drug-likeness (QED) is 0.639. The second-order valence-corrected chi connectivity index (χ2v) is 3.71. The minimum Gasteiger partial charge on any atom is -0.478 e. The molecule has 1 aromatic carbocycles. The first-order chi connectivity index (χ1) is 8.15. The van der Waals surface area contributed by atoms with Gasteiger partial charge in [-0.15, -0.1) is 0 Å². The number of hydrogen-bond acceptors (Lipinski definition) is 3. The summed E-state index contributed by atoms with van der Waals surface area (Å²) >= 11 is 0. The molecule has 0 atom stereocenters. The Labute approximate surface area is 99.1 Å². The molecule has 0 bridgehead atoms. The van der Waals surface area contributed by atoms with Crippen LogP contribution in [-0.4, -0.2) is 29.3 Å². The molecule has 1 aromatic rings. The summed E-state index contributed by atoms with van der Waals surface area (Å²) in [6.45, 7) is 0.855. The summed E-state index contributed by atoms with van der Waals surface area (Å²) in [4.78, 5) is 10.6. The molecular formula is C12H16FNO3. The lowest BCUT2D eigenvalue weighted by molar-refractivity contribution is 0.0692. The van der Waals surface area contributed by atoms with Gasteiger partial charge < -0.3 is 15.5 Å². The second-order valence-electron chi connectivity index (χ2n) is 3.71. The Balaban J connectivity index is 2.45. The first-order valence-electron chi connectivity index (χ1n) is 5.52. The summed E-state index contributed by atoms with van der Waals surface area (Å²) in [5.41, 5.74) is 0.243. The van der Waals surface area contributed by atoms with E-state index >= 15 is 0 Å². The number of rotatable bonds is 7. The van der Waals surface area contributed by atoms with Gasteiger partial charge in [0.05, 0.1) is 5.56 Å². The van der Waals surface area contributed by atoms with E-state index in [2.05, 4.69) is 5.32 Å². The molecule has 0 aliphatic heterocycles. The number of nitrogens with one attached hydrogen (secondary N) is 1. The highest BCUT2D eigenvalue weighted by Crippen LogP contribution is 2.14. The standard InChI is InChI=1S/C12H16FNO3/c13-11-8-9(4-5-10(11)12(16)17)14-6-2-1-3-7-15/h4-5,8,14-15H,1-3,6-7H2,(H,16,17). The number of benzene rings is 1. The number of aromatic carboxylic acids is 1. The summed E-state index contributed by atoms with van der Waals surface area (Å²) in [6, 6.07) is 3.96. The number of anilines is 1. The second kappa shape index (κ2) is 6.85. The highest BCUT2D eigenvalue weighted by molar-refractivity contribution is 5.88. The van der Waals surface area contributed by atoms with Crippen molar-refractivity contribution in [2.75, 3.05) is 18.5 Å². The molecule has 0 amide bonds. The van der Waals surface area contributed by atoms with Crippen molar-refractivity contribution >= 4 is 11.7 Å². The number of carboxylic acids is 1. The summed E-state index contributed by atoms with van der Waals surface area (Å²) < 4.78 is 13.3. The average molecular weight is 241 g/mol. The Kier molecular flexibility index (Phi) is 5.42. The molecular weight excluding hydrogens is 225 g/mol. The van der Waals surface area contributed by atoms with Crippen molar-refractivity contribution in [2.45, 2.75) is 19.3 Å². The van der Waals surface area contributed by atoms with Gasteiger partial charge in [0.1, 0.15) is 5.82 Å². The van der Waals surface area contributed by atoms with Crippen molar-refractivity contribution in [3.63, 3.8) is 0 Å². The van der Waals surface area contributed by atoms with Crippen LogP contribution in [0.15, 0.2) is 18.2 Å². The van der Waals surface area contributed by atoms with Crippen molar-refractivity contribution in [1.82, 2.24) is 0 Å². The van der Waals surface area contributed by atoms with Crippen molar-refractivity contribution in [2.24, 2.45) is 0 Å². The van der Waals surface area contributed by atoms with Gasteiger partial charge in [0.2, 0.25) is 0 Å². The summed E-state index contributed by atoms with van der Waals surface area (Å²) in [6.07, 6.45) is 2.54. The van der Waals surface area contributed by atoms with E-state index in [0.717, 1.165) is 19.3 Å². The molecule has 4 nitrogen and oxygen atoms in total. The minimum absolute atomic E-state index is 0.182. The van der Waals surface area contributed by atoms with Crippen LogP contribution in [-0.2, 0) is 0 Å². The SMILES string of the molecule is O=C(O)c1ccc(NCCCCCO)cc1F. The number of carboxylic acid groups (broad SMARTS) is 1. The maximum absolute atomic E-state index is 13.3. The fourth-order valence-electron chi connectivity index (χ4n) is 1.44.